The van der Waals surface area contributed by atoms with Crippen molar-refractivity contribution in [1.82, 2.24) is 9.97 Å². The van der Waals surface area contributed by atoms with E-state index in [0.29, 0.717) is 16.5 Å². The molecule has 2 aromatic carbocycles. The summed E-state index contributed by atoms with van der Waals surface area (Å²) in [5, 5.41) is 4.37. The van der Waals surface area contributed by atoms with Crippen LogP contribution in [-0.2, 0) is 4.79 Å². The molecule has 138 valence electrons. The second-order valence-electron chi connectivity index (χ2n) is 6.40. The number of benzene rings is 2. The summed E-state index contributed by atoms with van der Waals surface area (Å²) in [5.74, 6) is 1.30. The third kappa shape index (κ3) is 3.40. The molecule has 1 unspecified atom stereocenters. The molecule has 0 radical (unpaired) electrons. The number of aromatic nitrogens is 2. The van der Waals surface area contributed by atoms with E-state index in [1.54, 1.807) is 31.6 Å². The van der Waals surface area contributed by atoms with Gasteiger partial charge >= 0.3 is 0 Å². The minimum atomic E-state index is -0.288. The number of methoxy groups -OCH3 is 1. The lowest BCUT2D eigenvalue weighted by Crippen LogP contribution is -2.40. The first-order valence-corrected chi connectivity index (χ1v) is 9.16. The lowest BCUT2D eigenvalue weighted by Gasteiger charge is -2.25. The van der Waals surface area contributed by atoms with Crippen LogP contribution in [0.4, 0.5) is 11.5 Å². The van der Waals surface area contributed by atoms with Crippen LogP contribution < -0.4 is 15.0 Å². The second-order valence-corrected chi connectivity index (χ2v) is 6.81. The summed E-state index contributed by atoms with van der Waals surface area (Å²) >= 11 is 6.16. The summed E-state index contributed by atoms with van der Waals surface area (Å²) in [6.45, 7) is 0.780. The number of carbonyl (C=O) groups excluding carboxylic acids is 1. The first-order chi connectivity index (χ1) is 13.2. The number of hydrogen-bond acceptors (Lipinski definition) is 5. The standard InChI is InChI=1S/C20H19ClN4O2/c1-27-18-9-8-13(11-15(18)21)24-20(26)17-7-4-10-25(17)19-14-5-2-3-6-16(14)22-12-23-19/h2-3,5-6,8-9,11-12,17H,4,7,10H2,1H3,(H,24,26). The van der Waals surface area contributed by atoms with Crippen LogP contribution in [0.1, 0.15) is 12.8 Å². The maximum atomic E-state index is 12.9. The van der Waals surface area contributed by atoms with E-state index in [9.17, 15) is 4.79 Å². The van der Waals surface area contributed by atoms with Gasteiger partial charge < -0.3 is 15.0 Å². The fourth-order valence-electron chi connectivity index (χ4n) is 3.48. The highest BCUT2D eigenvalue weighted by Crippen LogP contribution is 2.31. The molecule has 2 heterocycles. The lowest BCUT2D eigenvalue weighted by atomic mass is 10.1. The van der Waals surface area contributed by atoms with Gasteiger partial charge in [-0.1, -0.05) is 23.7 Å². The van der Waals surface area contributed by atoms with Crippen LogP contribution in [0.3, 0.4) is 0 Å². The highest BCUT2D eigenvalue weighted by molar-refractivity contribution is 6.32. The zero-order valence-corrected chi connectivity index (χ0v) is 15.6. The van der Waals surface area contributed by atoms with Gasteiger partial charge in [-0.2, -0.15) is 0 Å². The summed E-state index contributed by atoms with van der Waals surface area (Å²) in [7, 11) is 1.56. The number of rotatable bonds is 4. The van der Waals surface area contributed by atoms with Gasteiger partial charge in [-0.25, -0.2) is 9.97 Å². The zero-order chi connectivity index (χ0) is 18.8. The number of halogens is 1. The molecule has 7 heteroatoms. The van der Waals surface area contributed by atoms with E-state index in [1.165, 1.54) is 0 Å². The maximum Gasteiger partial charge on any atom is 0.247 e. The summed E-state index contributed by atoms with van der Waals surface area (Å²) in [6.07, 6.45) is 3.25. The molecule has 1 aliphatic rings. The van der Waals surface area contributed by atoms with Crippen molar-refractivity contribution in [3.63, 3.8) is 0 Å². The normalized spacial score (nSPS) is 16.5. The Kier molecular flexibility index (Phi) is 4.81. The molecule has 3 aromatic rings. The van der Waals surface area contributed by atoms with E-state index >= 15 is 0 Å². The van der Waals surface area contributed by atoms with Gasteiger partial charge in [-0.15, -0.1) is 0 Å². The molecule has 1 fully saturated rings. The van der Waals surface area contributed by atoms with Crippen LogP contribution in [0.25, 0.3) is 10.9 Å². The number of nitrogens with one attached hydrogen (secondary N) is 1. The summed E-state index contributed by atoms with van der Waals surface area (Å²) in [4.78, 5) is 23.8. The number of hydrogen-bond donors (Lipinski definition) is 1. The zero-order valence-electron chi connectivity index (χ0n) is 14.9. The van der Waals surface area contributed by atoms with Gasteiger partial charge in [0.1, 0.15) is 23.9 Å². The van der Waals surface area contributed by atoms with Crippen molar-refractivity contribution >= 4 is 39.9 Å². The third-order valence-electron chi connectivity index (χ3n) is 4.77. The molecule has 1 amide bonds. The molecular weight excluding hydrogens is 364 g/mol. The van der Waals surface area contributed by atoms with E-state index in [2.05, 4.69) is 20.2 Å². The van der Waals surface area contributed by atoms with E-state index in [4.69, 9.17) is 16.3 Å². The summed E-state index contributed by atoms with van der Waals surface area (Å²) < 4.78 is 5.15. The Bertz CT molecular complexity index is 989. The van der Waals surface area contributed by atoms with Gasteiger partial charge in [0.2, 0.25) is 5.91 Å². The molecule has 1 saturated heterocycles. The molecule has 0 aliphatic carbocycles. The highest BCUT2D eigenvalue weighted by atomic mass is 35.5. The molecule has 0 saturated carbocycles. The molecule has 0 bridgehead atoms. The summed E-state index contributed by atoms with van der Waals surface area (Å²) in [5.41, 5.74) is 1.51. The number of amides is 1. The Labute approximate surface area is 162 Å². The number of carbonyl (C=O) groups is 1. The molecular formula is C20H19ClN4O2. The first-order valence-electron chi connectivity index (χ1n) is 8.78. The average molecular weight is 383 g/mol. The van der Waals surface area contributed by atoms with Crippen molar-refractivity contribution in [2.45, 2.75) is 18.9 Å². The van der Waals surface area contributed by atoms with Crippen LogP contribution in [0.2, 0.25) is 5.02 Å². The van der Waals surface area contributed by atoms with E-state index in [-0.39, 0.29) is 11.9 Å². The van der Waals surface area contributed by atoms with E-state index in [0.717, 1.165) is 36.1 Å². The first kappa shape index (κ1) is 17.5. The molecule has 1 aliphatic heterocycles. The van der Waals surface area contributed by atoms with Gasteiger partial charge in [0.15, 0.2) is 0 Å². The molecule has 0 spiro atoms. The fourth-order valence-corrected chi connectivity index (χ4v) is 3.74. The van der Waals surface area contributed by atoms with Crippen LogP contribution in [0, 0.1) is 0 Å². The molecule has 1 atom stereocenters. The van der Waals surface area contributed by atoms with Crippen molar-refractivity contribution in [3.8, 4) is 5.75 Å². The Morgan fingerprint density at radius 2 is 2.11 bits per heavy atom. The lowest BCUT2D eigenvalue weighted by molar-refractivity contribution is -0.117. The fraction of sp³-hybridized carbons (Fsp3) is 0.250. The summed E-state index contributed by atoms with van der Waals surface area (Å²) in [6, 6.07) is 12.8. The van der Waals surface area contributed by atoms with Crippen molar-refractivity contribution in [2.24, 2.45) is 0 Å². The van der Waals surface area contributed by atoms with Gasteiger partial charge in [-0.3, -0.25) is 4.79 Å². The molecule has 1 aromatic heterocycles. The minimum absolute atomic E-state index is 0.0728. The predicted octanol–water partition coefficient (Wildman–Crippen LogP) is 3.90. The van der Waals surface area contributed by atoms with Gasteiger partial charge in [-0.05, 0) is 43.2 Å². The number of ether oxygens (including phenoxy) is 1. The second kappa shape index (κ2) is 7.40. The molecule has 6 nitrogen and oxygen atoms in total. The van der Waals surface area contributed by atoms with Crippen molar-refractivity contribution in [1.29, 1.82) is 0 Å². The van der Waals surface area contributed by atoms with Crippen LogP contribution in [0.5, 0.6) is 5.75 Å². The average Bonchev–Trinajstić information content (AvgIpc) is 3.17. The smallest absolute Gasteiger partial charge is 0.247 e. The van der Waals surface area contributed by atoms with Crippen LogP contribution >= 0.6 is 11.6 Å². The topological polar surface area (TPSA) is 67.3 Å². The monoisotopic (exact) mass is 382 g/mol. The largest absolute Gasteiger partial charge is 0.495 e. The predicted molar refractivity (Wildman–Crippen MR) is 107 cm³/mol. The Morgan fingerprint density at radius 3 is 2.93 bits per heavy atom. The maximum absolute atomic E-state index is 12.9. The molecule has 1 N–H and O–H groups in total. The van der Waals surface area contributed by atoms with Crippen LogP contribution in [0.15, 0.2) is 48.8 Å². The Morgan fingerprint density at radius 1 is 1.26 bits per heavy atom. The van der Waals surface area contributed by atoms with Crippen molar-refractivity contribution in [3.05, 3.63) is 53.8 Å². The van der Waals surface area contributed by atoms with Gasteiger partial charge in [0, 0.05) is 17.6 Å². The Hall–Kier alpha value is -2.86. The molecule has 27 heavy (non-hydrogen) atoms. The van der Waals surface area contributed by atoms with Crippen molar-refractivity contribution < 1.29 is 9.53 Å². The van der Waals surface area contributed by atoms with E-state index < -0.39 is 0 Å². The SMILES string of the molecule is COc1ccc(NC(=O)C2CCCN2c2ncnc3ccccc23)cc1Cl. The van der Waals surface area contributed by atoms with Gasteiger partial charge in [0.25, 0.3) is 0 Å². The third-order valence-corrected chi connectivity index (χ3v) is 5.06. The quantitative estimate of drug-likeness (QED) is 0.741. The van der Waals surface area contributed by atoms with Crippen molar-refractivity contribution in [2.75, 3.05) is 23.9 Å². The number of fused-ring (bicyclic) bond motifs is 1. The number of anilines is 2. The highest BCUT2D eigenvalue weighted by Gasteiger charge is 2.32. The number of para-hydroxylation sites is 1. The van der Waals surface area contributed by atoms with Gasteiger partial charge in [0.05, 0.1) is 17.6 Å². The van der Waals surface area contributed by atoms with Crippen LogP contribution in [-0.4, -0.2) is 35.6 Å². The minimum Gasteiger partial charge on any atom is -0.495 e. The Balaban J connectivity index is 1.59. The van der Waals surface area contributed by atoms with E-state index in [1.807, 2.05) is 24.3 Å². The molecule has 4 rings (SSSR count). The number of nitrogens with zero attached hydrogens (tertiary/aromatic N) is 3.